The monoisotopic (exact) mass is 482 g/mol. The summed E-state index contributed by atoms with van der Waals surface area (Å²) in [4.78, 5) is 27.2. The largest absolute Gasteiger partial charge is 0.486 e. The van der Waals surface area contributed by atoms with Crippen LogP contribution in [0.2, 0.25) is 0 Å². The summed E-state index contributed by atoms with van der Waals surface area (Å²) in [5.41, 5.74) is 2.15. The minimum Gasteiger partial charge on any atom is -0.486 e. The molecular formula is C24H30N6O3S. The highest BCUT2D eigenvalue weighted by atomic mass is 32.1. The lowest BCUT2D eigenvalue weighted by atomic mass is 9.95. The summed E-state index contributed by atoms with van der Waals surface area (Å²) in [6, 6.07) is 7.08. The van der Waals surface area contributed by atoms with Crippen molar-refractivity contribution in [2.45, 2.75) is 65.5 Å². The maximum Gasteiger partial charge on any atom is 0.256 e. The van der Waals surface area contributed by atoms with E-state index in [0.717, 1.165) is 37.7 Å². The smallest absolute Gasteiger partial charge is 0.256 e. The maximum atomic E-state index is 13.1. The van der Waals surface area contributed by atoms with Gasteiger partial charge in [-0.1, -0.05) is 13.0 Å². The first-order chi connectivity index (χ1) is 16.5. The Kier molecular flexibility index (Phi) is 7.56. The number of carbonyl (C=O) groups is 2. The maximum absolute atomic E-state index is 13.1. The number of carbonyl (C=O) groups excluding carboxylic acids is 2. The van der Waals surface area contributed by atoms with E-state index in [2.05, 4.69) is 26.2 Å². The van der Waals surface area contributed by atoms with Crippen LogP contribution in [0.4, 0.5) is 5.00 Å². The van der Waals surface area contributed by atoms with Gasteiger partial charge in [0.1, 0.15) is 17.4 Å². The Bertz CT molecular complexity index is 1170. The van der Waals surface area contributed by atoms with E-state index in [1.54, 1.807) is 28.9 Å². The van der Waals surface area contributed by atoms with Crippen molar-refractivity contribution in [3.63, 3.8) is 0 Å². The molecule has 0 radical (unpaired) electrons. The molecule has 10 heteroatoms. The second-order valence-corrected chi connectivity index (χ2v) is 9.68. The van der Waals surface area contributed by atoms with Gasteiger partial charge in [-0.3, -0.25) is 9.59 Å². The summed E-state index contributed by atoms with van der Waals surface area (Å²) >= 11 is 1.51. The Morgan fingerprint density at radius 3 is 2.82 bits per heavy atom. The van der Waals surface area contributed by atoms with Gasteiger partial charge in [0.15, 0.2) is 5.82 Å². The molecular weight excluding hydrogens is 452 g/mol. The minimum absolute atomic E-state index is 0.114. The number of nitrogens with zero attached hydrogens (tertiary/aromatic N) is 4. The number of benzene rings is 1. The van der Waals surface area contributed by atoms with Crippen molar-refractivity contribution in [2.24, 2.45) is 0 Å². The van der Waals surface area contributed by atoms with Gasteiger partial charge in [-0.05, 0) is 80.1 Å². The second-order valence-electron chi connectivity index (χ2n) is 8.57. The van der Waals surface area contributed by atoms with E-state index in [4.69, 9.17) is 4.74 Å². The van der Waals surface area contributed by atoms with Crippen LogP contribution >= 0.6 is 11.3 Å². The van der Waals surface area contributed by atoms with Gasteiger partial charge in [0.25, 0.3) is 11.8 Å². The Balaban J connectivity index is 1.50. The lowest BCUT2D eigenvalue weighted by molar-refractivity contribution is 0.0954. The predicted octanol–water partition coefficient (Wildman–Crippen LogP) is 4.17. The third kappa shape index (κ3) is 5.27. The number of hydrogen-bond donors (Lipinski definition) is 2. The topological polar surface area (TPSA) is 111 Å². The first-order valence-electron chi connectivity index (χ1n) is 11.7. The number of amides is 2. The van der Waals surface area contributed by atoms with E-state index in [0.29, 0.717) is 34.2 Å². The first-order valence-corrected chi connectivity index (χ1v) is 12.5. The van der Waals surface area contributed by atoms with Gasteiger partial charge in [-0.2, -0.15) is 0 Å². The molecule has 0 fully saturated rings. The minimum atomic E-state index is -0.277. The summed E-state index contributed by atoms with van der Waals surface area (Å²) in [6.07, 6.45) is 4.84. The summed E-state index contributed by atoms with van der Waals surface area (Å²) in [5, 5.41) is 18.3. The van der Waals surface area contributed by atoms with Crippen LogP contribution in [0.1, 0.15) is 83.1 Å². The van der Waals surface area contributed by atoms with Gasteiger partial charge in [0.05, 0.1) is 11.6 Å². The average molecular weight is 483 g/mol. The summed E-state index contributed by atoms with van der Waals surface area (Å²) < 4.78 is 7.54. The fourth-order valence-corrected chi connectivity index (χ4v) is 5.26. The van der Waals surface area contributed by atoms with E-state index >= 15 is 0 Å². The molecule has 0 saturated carbocycles. The van der Waals surface area contributed by atoms with Crippen LogP contribution < -0.4 is 15.4 Å². The van der Waals surface area contributed by atoms with Crippen molar-refractivity contribution >= 4 is 28.2 Å². The Morgan fingerprint density at radius 1 is 1.21 bits per heavy atom. The van der Waals surface area contributed by atoms with Gasteiger partial charge in [0.2, 0.25) is 0 Å². The van der Waals surface area contributed by atoms with E-state index in [-0.39, 0.29) is 24.5 Å². The van der Waals surface area contributed by atoms with Crippen LogP contribution in [0, 0.1) is 0 Å². The van der Waals surface area contributed by atoms with Crippen LogP contribution in [0.3, 0.4) is 0 Å². The molecule has 0 unspecified atom stereocenters. The van der Waals surface area contributed by atoms with E-state index in [1.807, 2.05) is 20.8 Å². The average Bonchev–Trinajstić information content (AvgIpc) is 3.45. The summed E-state index contributed by atoms with van der Waals surface area (Å²) in [6.45, 7) is 6.80. The van der Waals surface area contributed by atoms with Crippen molar-refractivity contribution in [3.05, 3.63) is 51.7 Å². The normalized spacial score (nSPS) is 12.9. The zero-order valence-corrected chi connectivity index (χ0v) is 20.6. The Hall–Kier alpha value is -3.27. The molecule has 3 aromatic rings. The highest BCUT2D eigenvalue weighted by Crippen LogP contribution is 2.38. The van der Waals surface area contributed by atoms with Gasteiger partial charge in [-0.15, -0.1) is 16.4 Å². The molecule has 0 spiro atoms. The van der Waals surface area contributed by atoms with Crippen LogP contribution in [-0.2, 0) is 19.4 Å². The number of tetrazole rings is 1. The SMILES string of the molecule is CCCNC(=O)c1c(NC(=O)c2cccc(OCc3nnnn3C(C)C)c2)sc2c1CCCC2. The quantitative estimate of drug-likeness (QED) is 0.474. The third-order valence-electron chi connectivity index (χ3n) is 5.68. The molecule has 1 aromatic carbocycles. The molecule has 0 atom stereocenters. The van der Waals surface area contributed by atoms with Gasteiger partial charge in [-0.25, -0.2) is 4.68 Å². The molecule has 0 saturated heterocycles. The molecule has 34 heavy (non-hydrogen) atoms. The van der Waals surface area contributed by atoms with Crippen LogP contribution in [0.25, 0.3) is 0 Å². The molecule has 180 valence electrons. The number of aromatic nitrogens is 4. The lowest BCUT2D eigenvalue weighted by Crippen LogP contribution is -2.26. The number of ether oxygens (including phenoxy) is 1. The number of aryl methyl sites for hydroxylation is 1. The number of nitrogens with one attached hydrogen (secondary N) is 2. The number of fused-ring (bicyclic) bond motifs is 1. The molecule has 2 amide bonds. The van der Waals surface area contributed by atoms with Crippen molar-refractivity contribution in [1.82, 2.24) is 25.5 Å². The zero-order valence-electron chi connectivity index (χ0n) is 19.8. The molecule has 1 aliphatic carbocycles. The predicted molar refractivity (Wildman–Crippen MR) is 131 cm³/mol. The van der Waals surface area contributed by atoms with Crippen LogP contribution in [0.5, 0.6) is 5.75 Å². The summed E-state index contributed by atoms with van der Waals surface area (Å²) in [7, 11) is 0. The van der Waals surface area contributed by atoms with Crippen LogP contribution in [0.15, 0.2) is 24.3 Å². The second kappa shape index (κ2) is 10.8. The molecule has 2 N–H and O–H groups in total. The number of rotatable bonds is 9. The highest BCUT2D eigenvalue weighted by molar-refractivity contribution is 7.17. The summed E-state index contributed by atoms with van der Waals surface area (Å²) in [5.74, 6) is 0.756. The van der Waals surface area contributed by atoms with Gasteiger partial charge >= 0.3 is 0 Å². The third-order valence-corrected chi connectivity index (χ3v) is 6.88. The number of anilines is 1. The van der Waals surface area contributed by atoms with Crippen molar-refractivity contribution in [1.29, 1.82) is 0 Å². The highest BCUT2D eigenvalue weighted by Gasteiger charge is 2.26. The standard InChI is InChI=1S/C24H30N6O3S/c1-4-12-25-23(32)21-18-10-5-6-11-19(18)34-24(21)26-22(31)16-8-7-9-17(13-16)33-14-20-27-28-29-30(20)15(2)3/h7-9,13,15H,4-6,10-12,14H2,1-3H3,(H,25,32)(H,26,31). The fourth-order valence-electron chi connectivity index (χ4n) is 3.98. The van der Waals surface area contributed by atoms with E-state index in [1.165, 1.54) is 16.2 Å². The Labute approximate surface area is 202 Å². The molecule has 1 aliphatic rings. The molecule has 0 bridgehead atoms. The molecule has 2 aromatic heterocycles. The molecule has 0 aliphatic heterocycles. The molecule has 9 nitrogen and oxygen atoms in total. The molecule has 4 rings (SSSR count). The first kappa shape index (κ1) is 23.9. The lowest BCUT2D eigenvalue weighted by Gasteiger charge is -2.13. The van der Waals surface area contributed by atoms with Crippen LogP contribution in [-0.4, -0.2) is 38.6 Å². The number of thiophene rings is 1. The zero-order chi connectivity index (χ0) is 24.1. The molecule has 2 heterocycles. The van der Waals surface area contributed by atoms with Crippen molar-refractivity contribution in [3.8, 4) is 5.75 Å². The van der Waals surface area contributed by atoms with E-state index in [9.17, 15) is 9.59 Å². The van der Waals surface area contributed by atoms with Gasteiger partial charge < -0.3 is 15.4 Å². The van der Waals surface area contributed by atoms with Gasteiger partial charge in [0, 0.05) is 17.0 Å². The fraction of sp³-hybridized carbons (Fsp3) is 0.458. The Morgan fingerprint density at radius 2 is 2.03 bits per heavy atom. The van der Waals surface area contributed by atoms with Crippen molar-refractivity contribution in [2.75, 3.05) is 11.9 Å². The van der Waals surface area contributed by atoms with E-state index < -0.39 is 0 Å². The van der Waals surface area contributed by atoms with Crippen molar-refractivity contribution < 1.29 is 14.3 Å². The number of hydrogen-bond acceptors (Lipinski definition) is 7.